The molecule has 0 unspecified atom stereocenters. The van der Waals surface area contributed by atoms with Gasteiger partial charge in [-0.05, 0) is 36.5 Å². The molecule has 0 bridgehead atoms. The zero-order valence-electron chi connectivity index (χ0n) is 13.7. The lowest BCUT2D eigenvalue weighted by molar-refractivity contribution is 0.0711. The van der Waals surface area contributed by atoms with E-state index in [2.05, 4.69) is 19.0 Å². The smallest absolute Gasteiger partial charge is 0.253 e. The second kappa shape index (κ2) is 6.44. The average Bonchev–Trinajstić information content (AvgIpc) is 3.01. The minimum atomic E-state index is 0.110. The summed E-state index contributed by atoms with van der Waals surface area (Å²) in [5.74, 6) is 1.26. The van der Waals surface area contributed by atoms with Gasteiger partial charge in [0.25, 0.3) is 5.91 Å². The average molecular weight is 313 g/mol. The molecule has 0 aliphatic carbocycles. The van der Waals surface area contributed by atoms with Crippen LogP contribution in [0.3, 0.4) is 0 Å². The summed E-state index contributed by atoms with van der Waals surface area (Å²) in [4.78, 5) is 14.5. The summed E-state index contributed by atoms with van der Waals surface area (Å²) in [6.07, 6.45) is 1.78. The first kappa shape index (κ1) is 15.6. The zero-order chi connectivity index (χ0) is 16.4. The van der Waals surface area contributed by atoms with Crippen molar-refractivity contribution in [2.24, 2.45) is 0 Å². The van der Waals surface area contributed by atoms with Crippen LogP contribution in [0.2, 0.25) is 0 Å². The largest absolute Gasteiger partial charge is 0.368 e. The molecule has 1 fully saturated rings. The zero-order valence-corrected chi connectivity index (χ0v) is 13.7. The number of amides is 1. The second-order valence-electron chi connectivity index (χ2n) is 6.50. The van der Waals surface area contributed by atoms with Crippen LogP contribution in [0.4, 0.5) is 5.88 Å². The summed E-state index contributed by atoms with van der Waals surface area (Å²) >= 11 is 0. The topological polar surface area (TPSA) is 72.4 Å². The fourth-order valence-corrected chi connectivity index (χ4v) is 3.07. The molecule has 5 heteroatoms. The van der Waals surface area contributed by atoms with Crippen LogP contribution in [-0.4, -0.2) is 29.1 Å². The van der Waals surface area contributed by atoms with Gasteiger partial charge in [-0.3, -0.25) is 4.79 Å². The maximum atomic E-state index is 12.6. The molecule has 0 radical (unpaired) electrons. The summed E-state index contributed by atoms with van der Waals surface area (Å²) in [5.41, 5.74) is 8.49. The Morgan fingerprint density at radius 1 is 1.26 bits per heavy atom. The first-order valence-electron chi connectivity index (χ1n) is 8.16. The van der Waals surface area contributed by atoms with Crippen LogP contribution in [0.25, 0.3) is 0 Å². The van der Waals surface area contributed by atoms with Crippen molar-refractivity contribution in [3.05, 3.63) is 47.2 Å². The molecule has 122 valence electrons. The first-order valence-corrected chi connectivity index (χ1v) is 8.16. The van der Waals surface area contributed by atoms with E-state index in [-0.39, 0.29) is 5.91 Å². The molecule has 3 rings (SSSR count). The number of benzene rings is 1. The van der Waals surface area contributed by atoms with Crippen LogP contribution in [0.5, 0.6) is 0 Å². The highest BCUT2D eigenvalue weighted by Gasteiger charge is 2.26. The summed E-state index contributed by atoms with van der Waals surface area (Å²) in [6, 6.07) is 9.74. The third-order valence-electron chi connectivity index (χ3n) is 4.57. The lowest BCUT2D eigenvalue weighted by Gasteiger charge is -2.31. The SMILES string of the molecule is CC(C)c1ccc(C(=O)N2CCC(c3cc(N)on3)CC2)cc1. The molecule has 5 nitrogen and oxygen atoms in total. The summed E-state index contributed by atoms with van der Waals surface area (Å²) in [6.45, 7) is 5.78. The summed E-state index contributed by atoms with van der Waals surface area (Å²) in [5, 5.41) is 3.99. The van der Waals surface area contributed by atoms with Gasteiger partial charge in [0.05, 0.1) is 5.69 Å². The van der Waals surface area contributed by atoms with E-state index in [4.69, 9.17) is 10.3 Å². The summed E-state index contributed by atoms with van der Waals surface area (Å²) < 4.78 is 4.94. The Morgan fingerprint density at radius 3 is 2.43 bits per heavy atom. The number of hydrogen-bond donors (Lipinski definition) is 1. The Hall–Kier alpha value is -2.30. The highest BCUT2D eigenvalue weighted by molar-refractivity contribution is 5.94. The number of carbonyl (C=O) groups is 1. The first-order chi connectivity index (χ1) is 11.0. The van der Waals surface area contributed by atoms with E-state index < -0.39 is 0 Å². The Bertz CT molecular complexity index is 668. The van der Waals surface area contributed by atoms with Crippen molar-refractivity contribution < 1.29 is 9.32 Å². The Kier molecular flexibility index (Phi) is 4.37. The number of carbonyl (C=O) groups excluding carboxylic acids is 1. The van der Waals surface area contributed by atoms with Crippen molar-refractivity contribution in [1.29, 1.82) is 0 Å². The molecule has 2 heterocycles. The monoisotopic (exact) mass is 313 g/mol. The molecule has 1 aromatic heterocycles. The Morgan fingerprint density at radius 2 is 1.91 bits per heavy atom. The molecule has 2 N–H and O–H groups in total. The maximum Gasteiger partial charge on any atom is 0.253 e. The van der Waals surface area contributed by atoms with Gasteiger partial charge in [-0.1, -0.05) is 31.1 Å². The van der Waals surface area contributed by atoms with E-state index >= 15 is 0 Å². The molecule has 23 heavy (non-hydrogen) atoms. The maximum absolute atomic E-state index is 12.6. The second-order valence-corrected chi connectivity index (χ2v) is 6.50. The fraction of sp³-hybridized carbons (Fsp3) is 0.444. The van der Waals surface area contributed by atoms with E-state index in [0.717, 1.165) is 37.2 Å². The van der Waals surface area contributed by atoms with E-state index in [0.29, 0.717) is 17.7 Å². The van der Waals surface area contributed by atoms with Gasteiger partial charge >= 0.3 is 0 Å². The number of piperidine rings is 1. The van der Waals surface area contributed by atoms with Crippen LogP contribution in [-0.2, 0) is 0 Å². The number of likely N-dealkylation sites (tertiary alicyclic amines) is 1. The van der Waals surface area contributed by atoms with Crippen molar-refractivity contribution in [1.82, 2.24) is 10.1 Å². The molecule has 1 saturated heterocycles. The van der Waals surface area contributed by atoms with Gasteiger partial charge in [0.15, 0.2) is 0 Å². The molecule has 0 saturated carbocycles. The predicted molar refractivity (Wildman–Crippen MR) is 89.3 cm³/mol. The molecule has 1 aromatic carbocycles. The van der Waals surface area contributed by atoms with Crippen LogP contribution in [0, 0.1) is 0 Å². The van der Waals surface area contributed by atoms with Crippen molar-refractivity contribution in [2.45, 2.75) is 38.5 Å². The van der Waals surface area contributed by atoms with Gasteiger partial charge in [0.1, 0.15) is 0 Å². The van der Waals surface area contributed by atoms with Gasteiger partial charge in [0.2, 0.25) is 5.88 Å². The molecular formula is C18H23N3O2. The predicted octanol–water partition coefficient (Wildman–Crippen LogP) is 3.40. The lowest BCUT2D eigenvalue weighted by atomic mass is 9.93. The quantitative estimate of drug-likeness (QED) is 0.942. The van der Waals surface area contributed by atoms with Gasteiger partial charge in [-0.15, -0.1) is 0 Å². The number of rotatable bonds is 3. The standard InChI is InChI=1S/C18H23N3O2/c1-12(2)13-3-5-15(6-4-13)18(22)21-9-7-14(8-10-21)16-11-17(19)23-20-16/h3-6,11-12,14H,7-10,19H2,1-2H3. The Balaban J connectivity index is 1.61. The highest BCUT2D eigenvalue weighted by atomic mass is 16.5. The van der Waals surface area contributed by atoms with Crippen LogP contribution in [0.1, 0.15) is 60.1 Å². The van der Waals surface area contributed by atoms with Gasteiger partial charge in [0, 0.05) is 30.6 Å². The molecule has 1 amide bonds. The fourth-order valence-electron chi connectivity index (χ4n) is 3.07. The van der Waals surface area contributed by atoms with Gasteiger partial charge < -0.3 is 15.2 Å². The minimum Gasteiger partial charge on any atom is -0.368 e. The van der Waals surface area contributed by atoms with Crippen molar-refractivity contribution in [3.63, 3.8) is 0 Å². The lowest BCUT2D eigenvalue weighted by Crippen LogP contribution is -2.38. The summed E-state index contributed by atoms with van der Waals surface area (Å²) in [7, 11) is 0. The van der Waals surface area contributed by atoms with E-state index in [9.17, 15) is 4.79 Å². The van der Waals surface area contributed by atoms with Crippen molar-refractivity contribution in [2.75, 3.05) is 18.8 Å². The van der Waals surface area contributed by atoms with Gasteiger partial charge in [-0.25, -0.2) is 0 Å². The normalized spacial score (nSPS) is 16.0. The number of anilines is 1. The number of nitrogens with zero attached hydrogens (tertiary/aromatic N) is 2. The molecule has 0 spiro atoms. The van der Waals surface area contributed by atoms with E-state index in [1.54, 1.807) is 6.07 Å². The number of hydrogen-bond acceptors (Lipinski definition) is 4. The highest BCUT2D eigenvalue weighted by Crippen LogP contribution is 2.29. The molecule has 1 aliphatic heterocycles. The van der Waals surface area contributed by atoms with E-state index in [1.807, 2.05) is 29.2 Å². The van der Waals surface area contributed by atoms with Crippen LogP contribution < -0.4 is 5.73 Å². The van der Waals surface area contributed by atoms with Crippen LogP contribution >= 0.6 is 0 Å². The molecule has 0 atom stereocenters. The van der Waals surface area contributed by atoms with Crippen molar-refractivity contribution in [3.8, 4) is 0 Å². The minimum absolute atomic E-state index is 0.110. The molecule has 2 aromatic rings. The van der Waals surface area contributed by atoms with Gasteiger partial charge in [-0.2, -0.15) is 0 Å². The van der Waals surface area contributed by atoms with Crippen molar-refractivity contribution >= 4 is 11.8 Å². The van der Waals surface area contributed by atoms with Crippen LogP contribution in [0.15, 0.2) is 34.9 Å². The third-order valence-corrected chi connectivity index (χ3v) is 4.57. The Labute approximate surface area is 136 Å². The number of aromatic nitrogens is 1. The molecular weight excluding hydrogens is 290 g/mol. The molecule has 1 aliphatic rings. The number of nitrogens with two attached hydrogens (primary N) is 1. The third kappa shape index (κ3) is 3.38. The van der Waals surface area contributed by atoms with E-state index in [1.165, 1.54) is 5.56 Å². The number of nitrogen functional groups attached to an aromatic ring is 1.